The molecule has 2 aromatic rings. The van der Waals surface area contributed by atoms with E-state index in [1.807, 2.05) is 12.1 Å². The molecule has 0 bridgehead atoms. The number of amides is 1. The molecule has 1 aliphatic rings. The SMILES string of the molecule is O=Cc1ccc(Oc2ccc3c(c2)CCC(=O)N3)cc1Cl. The monoisotopic (exact) mass is 301 g/mol. The average molecular weight is 302 g/mol. The van der Waals surface area contributed by atoms with E-state index in [0.717, 1.165) is 11.3 Å². The van der Waals surface area contributed by atoms with Gasteiger partial charge in [-0.2, -0.15) is 0 Å². The molecule has 0 radical (unpaired) electrons. The van der Waals surface area contributed by atoms with Crippen molar-refractivity contribution >= 4 is 29.5 Å². The van der Waals surface area contributed by atoms with Crippen LogP contribution in [0, 0.1) is 0 Å². The summed E-state index contributed by atoms with van der Waals surface area (Å²) >= 11 is 5.97. The number of hydrogen-bond acceptors (Lipinski definition) is 3. The van der Waals surface area contributed by atoms with E-state index in [-0.39, 0.29) is 5.91 Å². The van der Waals surface area contributed by atoms with E-state index in [9.17, 15) is 9.59 Å². The van der Waals surface area contributed by atoms with Gasteiger partial charge in [0, 0.05) is 23.7 Å². The van der Waals surface area contributed by atoms with Crippen molar-refractivity contribution < 1.29 is 14.3 Å². The van der Waals surface area contributed by atoms with Gasteiger partial charge in [0.15, 0.2) is 6.29 Å². The number of benzene rings is 2. The Bertz CT molecular complexity index is 727. The van der Waals surface area contributed by atoms with Crippen molar-refractivity contribution in [3.8, 4) is 11.5 Å². The molecule has 1 heterocycles. The normalized spacial score (nSPS) is 13.3. The first-order chi connectivity index (χ1) is 10.2. The predicted octanol–water partition coefficient (Wildman–Crippen LogP) is 3.83. The van der Waals surface area contributed by atoms with Gasteiger partial charge in [-0.3, -0.25) is 9.59 Å². The number of nitrogens with one attached hydrogen (secondary N) is 1. The molecule has 0 unspecified atom stereocenters. The second-order valence-electron chi connectivity index (χ2n) is 4.77. The summed E-state index contributed by atoms with van der Waals surface area (Å²) in [5.41, 5.74) is 2.30. The highest BCUT2D eigenvalue weighted by atomic mass is 35.5. The first-order valence-electron chi connectivity index (χ1n) is 6.51. The molecule has 0 saturated heterocycles. The Morgan fingerprint density at radius 2 is 1.86 bits per heavy atom. The molecule has 0 atom stereocenters. The van der Waals surface area contributed by atoms with Crippen LogP contribution < -0.4 is 10.1 Å². The summed E-state index contributed by atoms with van der Waals surface area (Å²) in [6, 6.07) is 10.4. The van der Waals surface area contributed by atoms with E-state index < -0.39 is 0 Å². The van der Waals surface area contributed by atoms with E-state index in [1.54, 1.807) is 24.3 Å². The van der Waals surface area contributed by atoms with E-state index >= 15 is 0 Å². The minimum Gasteiger partial charge on any atom is -0.457 e. The zero-order valence-corrected chi connectivity index (χ0v) is 11.8. The van der Waals surface area contributed by atoms with Crippen molar-refractivity contribution in [2.75, 3.05) is 5.32 Å². The van der Waals surface area contributed by atoms with E-state index in [2.05, 4.69) is 5.32 Å². The van der Waals surface area contributed by atoms with Gasteiger partial charge in [0.2, 0.25) is 5.91 Å². The average Bonchev–Trinajstić information content (AvgIpc) is 2.48. The molecule has 4 nitrogen and oxygen atoms in total. The fraction of sp³-hybridized carbons (Fsp3) is 0.125. The Labute approximate surface area is 126 Å². The molecule has 1 amide bonds. The summed E-state index contributed by atoms with van der Waals surface area (Å²) in [5, 5.41) is 3.18. The Balaban J connectivity index is 1.84. The highest BCUT2D eigenvalue weighted by Crippen LogP contribution is 2.31. The lowest BCUT2D eigenvalue weighted by Gasteiger charge is -2.17. The van der Waals surface area contributed by atoms with Gasteiger partial charge in [-0.15, -0.1) is 0 Å². The molecule has 21 heavy (non-hydrogen) atoms. The van der Waals surface area contributed by atoms with Crippen LogP contribution in [0.1, 0.15) is 22.3 Å². The van der Waals surface area contributed by atoms with Crippen LogP contribution in [-0.2, 0) is 11.2 Å². The van der Waals surface area contributed by atoms with Gasteiger partial charge in [0.1, 0.15) is 11.5 Å². The van der Waals surface area contributed by atoms with Crippen molar-refractivity contribution in [3.05, 3.63) is 52.5 Å². The number of carbonyl (C=O) groups excluding carboxylic acids is 2. The maximum atomic E-state index is 11.3. The second-order valence-corrected chi connectivity index (χ2v) is 5.18. The van der Waals surface area contributed by atoms with E-state index in [0.29, 0.717) is 41.2 Å². The molecule has 2 aromatic carbocycles. The zero-order valence-electron chi connectivity index (χ0n) is 11.1. The van der Waals surface area contributed by atoms with Crippen molar-refractivity contribution in [2.24, 2.45) is 0 Å². The number of rotatable bonds is 3. The second kappa shape index (κ2) is 5.58. The predicted molar refractivity (Wildman–Crippen MR) is 80.3 cm³/mol. The van der Waals surface area contributed by atoms with Crippen LogP contribution in [0.4, 0.5) is 5.69 Å². The molecule has 1 aliphatic heterocycles. The van der Waals surface area contributed by atoms with E-state index in [1.165, 1.54) is 0 Å². The smallest absolute Gasteiger partial charge is 0.224 e. The Kier molecular flexibility index (Phi) is 3.62. The largest absolute Gasteiger partial charge is 0.457 e. The summed E-state index contributed by atoms with van der Waals surface area (Å²) in [4.78, 5) is 22.0. The molecule has 0 saturated carbocycles. The maximum Gasteiger partial charge on any atom is 0.224 e. The molecule has 0 spiro atoms. The lowest BCUT2D eigenvalue weighted by atomic mass is 10.0. The van der Waals surface area contributed by atoms with Gasteiger partial charge < -0.3 is 10.1 Å². The number of aldehydes is 1. The minimum absolute atomic E-state index is 0.0346. The van der Waals surface area contributed by atoms with Crippen LogP contribution in [0.15, 0.2) is 36.4 Å². The summed E-state index contributed by atoms with van der Waals surface area (Å²) in [6.45, 7) is 0. The van der Waals surface area contributed by atoms with Crippen LogP contribution in [0.2, 0.25) is 5.02 Å². The van der Waals surface area contributed by atoms with Gasteiger partial charge in [-0.1, -0.05) is 11.6 Å². The first-order valence-corrected chi connectivity index (χ1v) is 6.89. The van der Waals surface area contributed by atoms with Crippen LogP contribution in [0.5, 0.6) is 11.5 Å². The lowest BCUT2D eigenvalue weighted by molar-refractivity contribution is -0.116. The van der Waals surface area contributed by atoms with Crippen molar-refractivity contribution in [2.45, 2.75) is 12.8 Å². The van der Waals surface area contributed by atoms with Crippen molar-refractivity contribution in [3.63, 3.8) is 0 Å². The lowest BCUT2D eigenvalue weighted by Crippen LogP contribution is -2.18. The Hall–Kier alpha value is -2.33. The molecule has 0 aliphatic carbocycles. The van der Waals surface area contributed by atoms with Crippen LogP contribution >= 0.6 is 11.6 Å². The number of ether oxygens (including phenoxy) is 1. The molecule has 0 aromatic heterocycles. The highest BCUT2D eigenvalue weighted by Gasteiger charge is 2.15. The summed E-state index contributed by atoms with van der Waals surface area (Å²) in [7, 11) is 0. The van der Waals surface area contributed by atoms with Crippen LogP contribution in [-0.4, -0.2) is 12.2 Å². The fourth-order valence-electron chi connectivity index (χ4n) is 2.23. The third-order valence-corrected chi connectivity index (χ3v) is 3.63. The summed E-state index contributed by atoms with van der Waals surface area (Å²) < 4.78 is 5.74. The number of halogens is 1. The first kappa shape index (κ1) is 13.6. The highest BCUT2D eigenvalue weighted by molar-refractivity contribution is 6.33. The van der Waals surface area contributed by atoms with Gasteiger partial charge in [-0.25, -0.2) is 0 Å². The maximum absolute atomic E-state index is 11.3. The Morgan fingerprint density at radius 1 is 1.10 bits per heavy atom. The van der Waals surface area contributed by atoms with Crippen LogP contribution in [0.3, 0.4) is 0 Å². The third-order valence-electron chi connectivity index (χ3n) is 3.31. The molecule has 106 valence electrons. The zero-order chi connectivity index (χ0) is 14.8. The summed E-state index contributed by atoms with van der Waals surface area (Å²) in [6.07, 6.45) is 1.88. The quantitative estimate of drug-likeness (QED) is 0.877. The fourth-order valence-corrected chi connectivity index (χ4v) is 2.44. The molecule has 5 heteroatoms. The molecular weight excluding hydrogens is 290 g/mol. The van der Waals surface area contributed by atoms with Gasteiger partial charge in [-0.05, 0) is 42.3 Å². The topological polar surface area (TPSA) is 55.4 Å². The van der Waals surface area contributed by atoms with E-state index in [4.69, 9.17) is 16.3 Å². The van der Waals surface area contributed by atoms with Crippen molar-refractivity contribution in [1.82, 2.24) is 0 Å². The minimum atomic E-state index is 0.0346. The summed E-state index contributed by atoms with van der Waals surface area (Å²) in [5.74, 6) is 1.26. The van der Waals surface area contributed by atoms with Crippen molar-refractivity contribution in [1.29, 1.82) is 0 Å². The van der Waals surface area contributed by atoms with Gasteiger partial charge in [0.25, 0.3) is 0 Å². The standard InChI is InChI=1S/C16H12ClNO3/c17-14-8-13(3-1-11(14)9-19)21-12-4-5-15-10(7-12)2-6-16(20)18-15/h1,3-5,7-9H,2,6H2,(H,18,20). The Morgan fingerprint density at radius 3 is 2.62 bits per heavy atom. The molecule has 0 fully saturated rings. The number of anilines is 1. The molecular formula is C16H12ClNO3. The number of hydrogen-bond donors (Lipinski definition) is 1. The van der Waals surface area contributed by atoms with Gasteiger partial charge in [0.05, 0.1) is 5.02 Å². The number of carbonyl (C=O) groups is 2. The van der Waals surface area contributed by atoms with Crippen LogP contribution in [0.25, 0.3) is 0 Å². The number of aryl methyl sites for hydroxylation is 1. The molecule has 3 rings (SSSR count). The van der Waals surface area contributed by atoms with Gasteiger partial charge >= 0.3 is 0 Å². The third kappa shape index (κ3) is 2.90. The number of fused-ring (bicyclic) bond motifs is 1. The molecule has 1 N–H and O–H groups in total.